The molecule has 6 rings (SSSR count). The number of furan rings is 1. The third-order valence-corrected chi connectivity index (χ3v) is 5.34. The molecule has 3 aliphatic rings. The number of piperidine rings is 1. The molecule has 0 aliphatic carbocycles. The van der Waals surface area contributed by atoms with Gasteiger partial charge in [0.05, 0.1) is 0 Å². The number of nitrogens with zero attached hydrogens (tertiary/aromatic N) is 2. The predicted molar refractivity (Wildman–Crippen MR) is 97.0 cm³/mol. The molecule has 134 valence electrons. The van der Waals surface area contributed by atoms with E-state index >= 15 is 0 Å². The van der Waals surface area contributed by atoms with Gasteiger partial charge in [0.2, 0.25) is 0 Å². The van der Waals surface area contributed by atoms with E-state index in [0.29, 0.717) is 17.4 Å². The molecular weight excluding hydrogens is 332 g/mol. The van der Waals surface area contributed by atoms with Crippen molar-refractivity contribution in [3.05, 3.63) is 42.5 Å². The molecule has 0 amide bonds. The standard InChI is InChI=1S/C20H20N2O4/c23-20(26-22-12-11-21-9-7-14(22)8-10-21)24-15-5-6-17-16-3-1-2-4-18(16)25-19(17)13-15/h1-6,13-14H,7-12H2. The molecule has 26 heavy (non-hydrogen) atoms. The third kappa shape index (κ3) is 2.81. The van der Waals surface area contributed by atoms with Gasteiger partial charge in [0.15, 0.2) is 0 Å². The number of para-hydroxylation sites is 1. The van der Waals surface area contributed by atoms with Crippen LogP contribution in [-0.4, -0.2) is 48.3 Å². The van der Waals surface area contributed by atoms with Gasteiger partial charge in [0, 0.05) is 36.0 Å². The van der Waals surface area contributed by atoms with E-state index in [1.54, 1.807) is 17.2 Å². The molecular formula is C20H20N2O4. The molecule has 3 aromatic rings. The van der Waals surface area contributed by atoms with Crippen molar-refractivity contribution in [1.82, 2.24) is 9.96 Å². The van der Waals surface area contributed by atoms with Crippen LogP contribution in [-0.2, 0) is 4.84 Å². The molecule has 6 heteroatoms. The Kier molecular flexibility index (Phi) is 3.80. The monoisotopic (exact) mass is 352 g/mol. The minimum absolute atomic E-state index is 0.291. The Morgan fingerprint density at radius 1 is 0.962 bits per heavy atom. The zero-order chi connectivity index (χ0) is 17.5. The number of hydrogen-bond donors (Lipinski definition) is 0. The molecule has 2 bridgehead atoms. The molecule has 3 fully saturated rings. The number of fused-ring (bicyclic) bond motifs is 7. The van der Waals surface area contributed by atoms with Gasteiger partial charge in [-0.3, -0.25) is 0 Å². The van der Waals surface area contributed by atoms with Crippen LogP contribution in [0, 0.1) is 0 Å². The van der Waals surface area contributed by atoms with Gasteiger partial charge in [-0.05, 0) is 44.1 Å². The second-order valence-electron chi connectivity index (χ2n) is 6.91. The molecule has 0 saturated carbocycles. The van der Waals surface area contributed by atoms with Gasteiger partial charge < -0.3 is 18.9 Å². The van der Waals surface area contributed by atoms with Crippen LogP contribution >= 0.6 is 0 Å². The van der Waals surface area contributed by atoms with Gasteiger partial charge in [0.1, 0.15) is 16.9 Å². The van der Waals surface area contributed by atoms with Crippen molar-refractivity contribution < 1.29 is 18.8 Å². The number of benzene rings is 2. The lowest BCUT2D eigenvalue weighted by Gasteiger charge is -2.29. The third-order valence-electron chi connectivity index (χ3n) is 5.34. The lowest BCUT2D eigenvalue weighted by Crippen LogP contribution is -2.39. The van der Waals surface area contributed by atoms with Crippen molar-refractivity contribution in [1.29, 1.82) is 0 Å². The Balaban J connectivity index is 1.32. The lowest BCUT2D eigenvalue weighted by atomic mass is 10.1. The fraction of sp³-hybridized carbons (Fsp3) is 0.350. The van der Waals surface area contributed by atoms with Crippen LogP contribution < -0.4 is 4.74 Å². The molecule has 0 spiro atoms. The molecule has 3 saturated heterocycles. The van der Waals surface area contributed by atoms with Gasteiger partial charge in [0.25, 0.3) is 0 Å². The van der Waals surface area contributed by atoms with Crippen molar-refractivity contribution in [2.45, 2.75) is 18.9 Å². The summed E-state index contributed by atoms with van der Waals surface area (Å²) in [4.78, 5) is 20.1. The van der Waals surface area contributed by atoms with E-state index in [2.05, 4.69) is 4.90 Å². The van der Waals surface area contributed by atoms with E-state index in [9.17, 15) is 4.79 Å². The molecule has 0 radical (unpaired) electrons. The molecule has 1 aromatic heterocycles. The Hall–Kier alpha value is -2.57. The van der Waals surface area contributed by atoms with Crippen molar-refractivity contribution in [3.8, 4) is 5.75 Å². The molecule has 2 aromatic carbocycles. The van der Waals surface area contributed by atoms with Gasteiger partial charge in [-0.2, -0.15) is 0 Å². The minimum atomic E-state index is -0.694. The molecule has 4 heterocycles. The first-order valence-corrected chi connectivity index (χ1v) is 9.06. The van der Waals surface area contributed by atoms with Crippen LogP contribution in [0.3, 0.4) is 0 Å². The molecule has 0 N–H and O–H groups in total. The Bertz CT molecular complexity index is 959. The summed E-state index contributed by atoms with van der Waals surface area (Å²) in [5.41, 5.74) is 1.51. The molecule has 0 unspecified atom stereocenters. The summed E-state index contributed by atoms with van der Waals surface area (Å²) < 4.78 is 11.2. The molecule has 3 aliphatic heterocycles. The Morgan fingerprint density at radius 3 is 2.65 bits per heavy atom. The second-order valence-corrected chi connectivity index (χ2v) is 6.91. The van der Waals surface area contributed by atoms with E-state index in [1.165, 1.54) is 0 Å². The Labute approximate surface area is 150 Å². The predicted octanol–water partition coefficient (Wildman–Crippen LogP) is 3.80. The normalized spacial score (nSPS) is 23.2. The summed E-state index contributed by atoms with van der Waals surface area (Å²) in [6, 6.07) is 13.6. The fourth-order valence-electron chi connectivity index (χ4n) is 3.95. The van der Waals surface area contributed by atoms with Crippen LogP contribution in [0.2, 0.25) is 0 Å². The Morgan fingerprint density at radius 2 is 1.77 bits per heavy atom. The van der Waals surface area contributed by atoms with E-state index in [1.807, 2.05) is 30.3 Å². The lowest BCUT2D eigenvalue weighted by molar-refractivity contribution is -0.140. The average molecular weight is 352 g/mol. The summed E-state index contributed by atoms with van der Waals surface area (Å²) in [7, 11) is 0. The highest BCUT2D eigenvalue weighted by Crippen LogP contribution is 2.31. The maximum atomic E-state index is 12.2. The SMILES string of the molecule is O=C(Oc1ccc2c(c1)oc1ccccc12)ON1CCN2CCC1CC2. The highest BCUT2D eigenvalue weighted by atomic mass is 16.8. The summed E-state index contributed by atoms with van der Waals surface area (Å²) in [6.07, 6.45) is 1.36. The summed E-state index contributed by atoms with van der Waals surface area (Å²) in [5.74, 6) is 0.421. The zero-order valence-electron chi connectivity index (χ0n) is 14.4. The van der Waals surface area contributed by atoms with Crippen LogP contribution in [0.25, 0.3) is 21.9 Å². The maximum Gasteiger partial charge on any atom is 0.533 e. The number of rotatable bonds is 2. The maximum absolute atomic E-state index is 12.2. The first-order valence-electron chi connectivity index (χ1n) is 9.06. The number of carbonyl (C=O) groups is 1. The largest absolute Gasteiger partial charge is 0.533 e. The van der Waals surface area contributed by atoms with E-state index in [4.69, 9.17) is 14.0 Å². The van der Waals surface area contributed by atoms with Gasteiger partial charge >= 0.3 is 6.16 Å². The van der Waals surface area contributed by atoms with Gasteiger partial charge in [-0.25, -0.2) is 4.79 Å². The number of hydroxylamine groups is 2. The van der Waals surface area contributed by atoms with Crippen molar-refractivity contribution in [3.63, 3.8) is 0 Å². The highest BCUT2D eigenvalue weighted by Gasteiger charge is 2.32. The highest BCUT2D eigenvalue weighted by molar-refractivity contribution is 6.05. The van der Waals surface area contributed by atoms with Crippen LogP contribution in [0.1, 0.15) is 12.8 Å². The minimum Gasteiger partial charge on any atom is -0.456 e. The van der Waals surface area contributed by atoms with E-state index in [-0.39, 0.29) is 0 Å². The van der Waals surface area contributed by atoms with Gasteiger partial charge in [-0.15, -0.1) is 5.06 Å². The molecule has 6 nitrogen and oxygen atoms in total. The topological polar surface area (TPSA) is 55.2 Å². The summed E-state index contributed by atoms with van der Waals surface area (Å²) in [6.45, 7) is 3.79. The second kappa shape index (κ2) is 6.30. The summed E-state index contributed by atoms with van der Waals surface area (Å²) >= 11 is 0. The quantitative estimate of drug-likeness (QED) is 0.517. The number of ether oxygens (including phenoxy) is 1. The first kappa shape index (κ1) is 15.7. The fourth-order valence-corrected chi connectivity index (χ4v) is 3.95. The molecule has 0 atom stereocenters. The summed E-state index contributed by atoms with van der Waals surface area (Å²) in [5, 5.41) is 3.83. The zero-order valence-corrected chi connectivity index (χ0v) is 14.4. The number of carbonyl (C=O) groups excluding carboxylic acids is 1. The van der Waals surface area contributed by atoms with E-state index < -0.39 is 6.16 Å². The van der Waals surface area contributed by atoms with Crippen LogP contribution in [0.4, 0.5) is 4.79 Å². The van der Waals surface area contributed by atoms with Crippen LogP contribution in [0.15, 0.2) is 46.9 Å². The number of hydrogen-bond acceptors (Lipinski definition) is 6. The van der Waals surface area contributed by atoms with Crippen molar-refractivity contribution in [2.75, 3.05) is 26.2 Å². The van der Waals surface area contributed by atoms with E-state index in [0.717, 1.165) is 55.4 Å². The average Bonchev–Trinajstić information content (AvgIpc) is 2.79. The smallest absolute Gasteiger partial charge is 0.456 e. The van der Waals surface area contributed by atoms with Crippen LogP contribution in [0.5, 0.6) is 5.75 Å². The first-order chi connectivity index (χ1) is 12.8. The van der Waals surface area contributed by atoms with Crippen molar-refractivity contribution >= 4 is 28.1 Å². The van der Waals surface area contributed by atoms with Gasteiger partial charge in [-0.1, -0.05) is 18.2 Å². The van der Waals surface area contributed by atoms with Crippen molar-refractivity contribution in [2.24, 2.45) is 0 Å².